The number of anilines is 3. The van der Waals surface area contributed by atoms with E-state index < -0.39 is 0 Å². The third-order valence-electron chi connectivity index (χ3n) is 14.3. The van der Waals surface area contributed by atoms with E-state index in [1.165, 1.54) is 22.3 Å². The molecule has 4 heteroatoms. The third kappa shape index (κ3) is 5.54. The van der Waals surface area contributed by atoms with Crippen LogP contribution in [0.3, 0.4) is 0 Å². The van der Waals surface area contributed by atoms with Gasteiger partial charge in [-0.25, -0.2) is 0 Å². The maximum atomic E-state index is 7.26. The largest absolute Gasteiger partial charge is 0.456 e. The van der Waals surface area contributed by atoms with Crippen LogP contribution in [0.1, 0.15) is 25.0 Å². The van der Waals surface area contributed by atoms with E-state index >= 15 is 0 Å². The van der Waals surface area contributed by atoms with Gasteiger partial charge in [0.1, 0.15) is 27.9 Å². The summed E-state index contributed by atoms with van der Waals surface area (Å²) >= 11 is 0. The highest BCUT2D eigenvalue weighted by atomic mass is 16.3. The molecule has 10 aromatic carbocycles. The molecular formula is C63H41NO3. The quantitative estimate of drug-likeness (QED) is 0.167. The van der Waals surface area contributed by atoms with Crippen LogP contribution >= 0.6 is 0 Å². The fraction of sp³-hybridized carbons (Fsp3) is 0.0476. The molecule has 0 atom stereocenters. The Labute approximate surface area is 386 Å². The van der Waals surface area contributed by atoms with E-state index in [1.807, 2.05) is 18.2 Å². The fourth-order valence-electron chi connectivity index (χ4n) is 11.2. The fourth-order valence-corrected chi connectivity index (χ4v) is 11.2. The molecule has 316 valence electrons. The maximum absolute atomic E-state index is 7.26. The summed E-state index contributed by atoms with van der Waals surface area (Å²) in [5, 5.41) is 6.61. The van der Waals surface area contributed by atoms with Crippen molar-refractivity contribution in [2.45, 2.75) is 19.3 Å². The first-order valence-electron chi connectivity index (χ1n) is 23.0. The normalized spacial score (nSPS) is 13.0. The summed E-state index contributed by atoms with van der Waals surface area (Å²) in [4.78, 5) is 2.28. The summed E-state index contributed by atoms with van der Waals surface area (Å²) in [6.45, 7) is 4.68. The van der Waals surface area contributed by atoms with Crippen molar-refractivity contribution in [1.82, 2.24) is 0 Å². The Morgan fingerprint density at radius 3 is 1.63 bits per heavy atom. The Balaban J connectivity index is 0.973. The summed E-state index contributed by atoms with van der Waals surface area (Å²) in [6.07, 6.45) is 0. The van der Waals surface area contributed by atoms with E-state index in [-0.39, 0.29) is 5.41 Å². The Kier molecular flexibility index (Phi) is 8.00. The first-order chi connectivity index (χ1) is 33.0. The molecule has 3 heterocycles. The topological polar surface area (TPSA) is 42.7 Å². The molecule has 0 N–H and O–H groups in total. The third-order valence-corrected chi connectivity index (χ3v) is 14.3. The smallest absolute Gasteiger partial charge is 0.160 e. The van der Waals surface area contributed by atoms with Gasteiger partial charge in [-0.1, -0.05) is 159 Å². The Morgan fingerprint density at radius 2 is 0.881 bits per heavy atom. The number of hydrogen-bond donors (Lipinski definition) is 0. The average molecular weight is 860 g/mol. The standard InChI is InChI=1S/C63H41NO3/c1-63(2)50-24-12-9-20-45(50)60-51(63)37-49(39-30-28-38(29-31-39)43-23-15-27-55-57(43)46-21-10-13-25-53(46)65-55)59-48-33-32-40(36-56(48)67-62(59)60)44-34-35-52(61-58(44)47-22-11-14-26-54(47)66-61)64(41-16-5-3-6-17-41)42-18-7-4-8-19-42/h3-37H,1-2H3. The van der Waals surface area contributed by atoms with Gasteiger partial charge in [-0.15, -0.1) is 0 Å². The van der Waals surface area contributed by atoms with Crippen molar-refractivity contribution in [3.8, 4) is 44.5 Å². The molecule has 67 heavy (non-hydrogen) atoms. The number of para-hydroxylation sites is 4. The highest BCUT2D eigenvalue weighted by Crippen LogP contribution is 2.55. The van der Waals surface area contributed by atoms with Crippen molar-refractivity contribution in [2.24, 2.45) is 0 Å². The molecule has 13 aromatic rings. The summed E-state index contributed by atoms with van der Waals surface area (Å²) < 4.78 is 20.4. The molecule has 0 saturated heterocycles. The lowest BCUT2D eigenvalue weighted by Crippen LogP contribution is -2.15. The van der Waals surface area contributed by atoms with E-state index in [2.05, 4.69) is 213 Å². The zero-order chi connectivity index (χ0) is 44.4. The Morgan fingerprint density at radius 1 is 0.343 bits per heavy atom. The summed E-state index contributed by atoms with van der Waals surface area (Å²) in [6, 6.07) is 75.6. The number of rotatable bonds is 6. The summed E-state index contributed by atoms with van der Waals surface area (Å²) in [5.41, 5.74) is 19.9. The van der Waals surface area contributed by atoms with Gasteiger partial charge in [0.15, 0.2) is 5.58 Å². The minimum atomic E-state index is -0.222. The van der Waals surface area contributed by atoms with Crippen molar-refractivity contribution in [1.29, 1.82) is 0 Å². The first-order valence-corrected chi connectivity index (χ1v) is 23.0. The Bertz CT molecular complexity index is 4070. The SMILES string of the molecule is CC1(C)c2ccccc2-c2c1cc(-c1ccc(-c3cccc4oc5ccccc5c34)cc1)c1c2oc2cc(-c3ccc(N(c4ccccc4)c4ccccc4)c4oc5ccccc5c34)ccc21. The lowest BCUT2D eigenvalue weighted by Gasteiger charge is -2.25. The maximum Gasteiger partial charge on any atom is 0.160 e. The molecule has 0 fully saturated rings. The van der Waals surface area contributed by atoms with Crippen molar-refractivity contribution >= 4 is 82.9 Å². The van der Waals surface area contributed by atoms with Crippen molar-refractivity contribution in [3.05, 3.63) is 223 Å². The number of hydrogen-bond acceptors (Lipinski definition) is 4. The van der Waals surface area contributed by atoms with Gasteiger partial charge in [0.05, 0.1) is 5.69 Å². The van der Waals surface area contributed by atoms with Crippen LogP contribution in [-0.2, 0) is 5.41 Å². The van der Waals surface area contributed by atoms with Gasteiger partial charge in [-0.3, -0.25) is 0 Å². The van der Waals surface area contributed by atoms with Crippen LogP contribution in [0, 0.1) is 0 Å². The summed E-state index contributed by atoms with van der Waals surface area (Å²) in [7, 11) is 0. The lowest BCUT2D eigenvalue weighted by molar-refractivity contribution is 0.653. The van der Waals surface area contributed by atoms with Crippen molar-refractivity contribution in [3.63, 3.8) is 0 Å². The molecule has 0 amide bonds. The molecule has 0 spiro atoms. The minimum absolute atomic E-state index is 0.222. The van der Waals surface area contributed by atoms with Gasteiger partial charge < -0.3 is 18.2 Å². The van der Waals surface area contributed by atoms with Gasteiger partial charge in [0.2, 0.25) is 0 Å². The molecule has 1 aliphatic rings. The van der Waals surface area contributed by atoms with Gasteiger partial charge in [-0.05, 0) is 117 Å². The minimum Gasteiger partial charge on any atom is -0.456 e. The van der Waals surface area contributed by atoms with Crippen LogP contribution in [0.2, 0.25) is 0 Å². The summed E-state index contributed by atoms with van der Waals surface area (Å²) in [5.74, 6) is 0. The molecular weight excluding hydrogens is 819 g/mol. The zero-order valence-corrected chi connectivity index (χ0v) is 36.9. The van der Waals surface area contributed by atoms with E-state index in [0.717, 1.165) is 116 Å². The van der Waals surface area contributed by atoms with Crippen LogP contribution in [0.5, 0.6) is 0 Å². The highest BCUT2D eigenvalue weighted by molar-refractivity contribution is 6.21. The van der Waals surface area contributed by atoms with Gasteiger partial charge in [0, 0.05) is 54.7 Å². The van der Waals surface area contributed by atoms with Crippen LogP contribution < -0.4 is 4.90 Å². The molecule has 0 unspecified atom stereocenters. The van der Waals surface area contributed by atoms with Crippen LogP contribution in [0.4, 0.5) is 17.1 Å². The first kappa shape index (κ1) is 37.7. The van der Waals surface area contributed by atoms with Crippen molar-refractivity contribution in [2.75, 3.05) is 4.90 Å². The Hall–Kier alpha value is -8.60. The van der Waals surface area contributed by atoms with Crippen LogP contribution in [0.25, 0.3) is 110 Å². The molecule has 0 radical (unpaired) electrons. The van der Waals surface area contributed by atoms with Gasteiger partial charge in [0.25, 0.3) is 0 Å². The molecule has 1 aliphatic carbocycles. The molecule has 3 aromatic heterocycles. The highest BCUT2D eigenvalue weighted by Gasteiger charge is 2.39. The molecule has 0 saturated carbocycles. The second-order valence-corrected chi connectivity index (χ2v) is 18.3. The zero-order valence-electron chi connectivity index (χ0n) is 36.9. The number of furan rings is 3. The predicted molar refractivity (Wildman–Crippen MR) is 277 cm³/mol. The van der Waals surface area contributed by atoms with E-state index in [1.54, 1.807) is 0 Å². The molecule has 4 nitrogen and oxygen atoms in total. The average Bonchev–Trinajstić information content (AvgIpc) is 4.13. The van der Waals surface area contributed by atoms with Crippen molar-refractivity contribution < 1.29 is 13.3 Å². The van der Waals surface area contributed by atoms with Gasteiger partial charge in [-0.2, -0.15) is 0 Å². The number of fused-ring (bicyclic) bond motifs is 13. The van der Waals surface area contributed by atoms with E-state index in [9.17, 15) is 0 Å². The number of nitrogens with zero attached hydrogens (tertiary/aromatic N) is 1. The van der Waals surface area contributed by atoms with Crippen LogP contribution in [0.15, 0.2) is 226 Å². The second kappa shape index (κ2) is 14.2. The lowest BCUT2D eigenvalue weighted by atomic mass is 9.81. The van der Waals surface area contributed by atoms with Crippen LogP contribution in [-0.4, -0.2) is 0 Å². The molecule has 0 aliphatic heterocycles. The van der Waals surface area contributed by atoms with Gasteiger partial charge >= 0.3 is 0 Å². The number of benzene rings is 10. The van der Waals surface area contributed by atoms with E-state index in [4.69, 9.17) is 13.3 Å². The van der Waals surface area contributed by atoms with E-state index in [0.29, 0.717) is 0 Å². The molecule has 0 bridgehead atoms. The monoisotopic (exact) mass is 859 g/mol. The molecule has 14 rings (SSSR count). The second-order valence-electron chi connectivity index (χ2n) is 18.3. The predicted octanol–water partition coefficient (Wildman–Crippen LogP) is 18.2.